The lowest BCUT2D eigenvalue weighted by atomic mass is 9.85. The van der Waals surface area contributed by atoms with Crippen LogP contribution in [0.2, 0.25) is 0 Å². The van der Waals surface area contributed by atoms with Gasteiger partial charge in [-0.15, -0.1) is 17.0 Å². The van der Waals surface area contributed by atoms with Crippen LogP contribution >= 0.6 is 17.0 Å². The predicted octanol–water partition coefficient (Wildman–Crippen LogP) is 3.40. The van der Waals surface area contributed by atoms with Crippen molar-refractivity contribution >= 4 is 22.8 Å². The van der Waals surface area contributed by atoms with Crippen molar-refractivity contribution in [3.63, 3.8) is 0 Å². The second kappa shape index (κ2) is 4.22. The third-order valence-corrected chi connectivity index (χ3v) is 2.90. The van der Waals surface area contributed by atoms with E-state index in [1.807, 2.05) is 48.5 Å². The molecule has 80 valence electrons. The summed E-state index contributed by atoms with van der Waals surface area (Å²) in [6.45, 7) is 0. The Morgan fingerprint density at radius 3 is 1.69 bits per heavy atom. The van der Waals surface area contributed by atoms with Crippen LogP contribution in [0.3, 0.4) is 0 Å². The van der Waals surface area contributed by atoms with Gasteiger partial charge in [0, 0.05) is 11.1 Å². The second-order valence-corrected chi connectivity index (χ2v) is 3.82. The number of fused-ring (bicyclic) bond motifs is 2. The molecule has 0 unspecified atom stereocenters. The molecule has 0 N–H and O–H groups in total. The summed E-state index contributed by atoms with van der Waals surface area (Å²) in [4.78, 5) is 12.1. The fourth-order valence-corrected chi connectivity index (χ4v) is 2.14. The van der Waals surface area contributed by atoms with Crippen LogP contribution in [0.1, 0.15) is 27.0 Å². The van der Waals surface area contributed by atoms with Gasteiger partial charge in [0.1, 0.15) is 0 Å². The average molecular weight is 275 g/mol. The molecule has 0 fully saturated rings. The highest BCUT2D eigenvalue weighted by Gasteiger charge is 2.21. The van der Waals surface area contributed by atoms with Crippen molar-refractivity contribution in [2.24, 2.45) is 0 Å². The quantitative estimate of drug-likeness (QED) is 0.614. The lowest BCUT2D eigenvalue weighted by Crippen LogP contribution is -2.14. The maximum absolute atomic E-state index is 12.1. The van der Waals surface area contributed by atoms with E-state index in [0.717, 1.165) is 28.7 Å². The van der Waals surface area contributed by atoms with Crippen molar-refractivity contribution in [1.82, 2.24) is 0 Å². The normalized spacial score (nSPS) is 12.4. The van der Waals surface area contributed by atoms with Crippen molar-refractivity contribution in [2.75, 3.05) is 0 Å². The van der Waals surface area contributed by atoms with E-state index >= 15 is 0 Å². The van der Waals surface area contributed by atoms with Gasteiger partial charge >= 0.3 is 0 Å². The van der Waals surface area contributed by atoms with Gasteiger partial charge in [0.15, 0.2) is 5.78 Å². The number of hydrogen-bond donors (Lipinski definition) is 0. The van der Waals surface area contributed by atoms with E-state index in [9.17, 15) is 4.79 Å². The number of halogens is 1. The van der Waals surface area contributed by atoms with Crippen molar-refractivity contribution in [1.29, 1.82) is 0 Å². The predicted molar refractivity (Wildman–Crippen MR) is 69.4 cm³/mol. The molecule has 2 heteroatoms. The summed E-state index contributed by atoms with van der Waals surface area (Å²) in [5.74, 6) is 0.160. The summed E-state index contributed by atoms with van der Waals surface area (Å²) < 4.78 is 0. The van der Waals surface area contributed by atoms with Gasteiger partial charge in [-0.05, 0) is 17.5 Å². The summed E-state index contributed by atoms with van der Waals surface area (Å²) >= 11 is 0. The molecule has 0 radical (unpaired) electrons. The van der Waals surface area contributed by atoms with Gasteiger partial charge in [-0.3, -0.25) is 4.79 Å². The zero-order chi connectivity index (χ0) is 10.3. The number of carbonyl (C=O) groups is 1. The molecule has 1 nitrogen and oxygen atoms in total. The summed E-state index contributed by atoms with van der Waals surface area (Å²) in [5, 5.41) is 0. The van der Waals surface area contributed by atoms with E-state index in [1.165, 1.54) is 0 Å². The van der Waals surface area contributed by atoms with E-state index in [0.29, 0.717) is 0 Å². The number of ketones is 1. The lowest BCUT2D eigenvalue weighted by molar-refractivity contribution is 0.103. The van der Waals surface area contributed by atoms with Gasteiger partial charge in [-0.25, -0.2) is 0 Å². The minimum absolute atomic E-state index is 0. The molecule has 0 atom stereocenters. The summed E-state index contributed by atoms with van der Waals surface area (Å²) in [7, 11) is 0. The molecule has 0 spiro atoms. The Morgan fingerprint density at radius 1 is 0.750 bits per heavy atom. The SMILES string of the molecule is Br.O=C1c2ccccc2Cc2ccccc21. The van der Waals surface area contributed by atoms with Crippen molar-refractivity contribution in [2.45, 2.75) is 6.42 Å². The highest BCUT2D eigenvalue weighted by molar-refractivity contribution is 8.93. The molecule has 0 heterocycles. The Balaban J connectivity index is 0.000000963. The fourth-order valence-electron chi connectivity index (χ4n) is 2.14. The number of rotatable bonds is 0. The molecule has 3 rings (SSSR count). The summed E-state index contributed by atoms with van der Waals surface area (Å²) in [6.07, 6.45) is 0.873. The molecule has 0 bridgehead atoms. The topological polar surface area (TPSA) is 17.1 Å². The highest BCUT2D eigenvalue weighted by Crippen LogP contribution is 2.26. The van der Waals surface area contributed by atoms with Crippen LogP contribution in [0.5, 0.6) is 0 Å². The Bertz CT molecular complexity index is 498. The van der Waals surface area contributed by atoms with E-state index < -0.39 is 0 Å². The van der Waals surface area contributed by atoms with Crippen LogP contribution < -0.4 is 0 Å². The van der Waals surface area contributed by atoms with E-state index in [-0.39, 0.29) is 22.8 Å². The van der Waals surface area contributed by atoms with Crippen molar-refractivity contribution in [3.05, 3.63) is 70.8 Å². The molecule has 0 aliphatic heterocycles. The van der Waals surface area contributed by atoms with Crippen LogP contribution in [0.15, 0.2) is 48.5 Å². The zero-order valence-corrected chi connectivity index (χ0v) is 10.4. The Labute approximate surface area is 105 Å². The zero-order valence-electron chi connectivity index (χ0n) is 8.64. The van der Waals surface area contributed by atoms with Crippen LogP contribution in [0.25, 0.3) is 0 Å². The third-order valence-electron chi connectivity index (χ3n) is 2.90. The second-order valence-electron chi connectivity index (χ2n) is 3.82. The average Bonchev–Trinajstić information content (AvgIpc) is 2.30. The molecule has 2 aromatic rings. The molecule has 2 aromatic carbocycles. The molecule has 1 aliphatic carbocycles. The van der Waals surface area contributed by atoms with Crippen LogP contribution in [0.4, 0.5) is 0 Å². The van der Waals surface area contributed by atoms with Crippen LogP contribution in [-0.4, -0.2) is 5.78 Å². The van der Waals surface area contributed by atoms with Crippen LogP contribution in [0, 0.1) is 0 Å². The first-order valence-electron chi connectivity index (χ1n) is 5.07. The van der Waals surface area contributed by atoms with E-state index in [2.05, 4.69) is 0 Å². The highest BCUT2D eigenvalue weighted by atomic mass is 79.9. The first-order chi connectivity index (χ1) is 7.36. The maximum atomic E-state index is 12.1. The minimum Gasteiger partial charge on any atom is -0.289 e. The number of benzene rings is 2. The Hall–Kier alpha value is -1.41. The molecular formula is C14H11BrO. The standard InChI is InChI=1S/C14H10O.BrH/c15-14-12-7-3-1-5-10(12)9-11-6-2-4-8-13(11)14;/h1-8H,9H2;1H. The van der Waals surface area contributed by atoms with E-state index in [1.54, 1.807) is 0 Å². The molecule has 0 saturated heterocycles. The summed E-state index contributed by atoms with van der Waals surface area (Å²) in [5.41, 5.74) is 4.00. The third kappa shape index (κ3) is 1.59. The molecule has 0 saturated carbocycles. The first-order valence-corrected chi connectivity index (χ1v) is 5.07. The molecule has 16 heavy (non-hydrogen) atoms. The summed E-state index contributed by atoms with van der Waals surface area (Å²) in [6, 6.07) is 15.7. The molecule has 1 aliphatic rings. The van der Waals surface area contributed by atoms with Crippen LogP contribution in [-0.2, 0) is 6.42 Å². The van der Waals surface area contributed by atoms with Gasteiger partial charge in [0.25, 0.3) is 0 Å². The Morgan fingerprint density at radius 2 is 1.19 bits per heavy atom. The number of hydrogen-bond acceptors (Lipinski definition) is 1. The lowest BCUT2D eigenvalue weighted by Gasteiger charge is -2.17. The maximum Gasteiger partial charge on any atom is 0.193 e. The fraction of sp³-hybridized carbons (Fsp3) is 0.0714. The van der Waals surface area contributed by atoms with Crippen molar-refractivity contribution in [3.8, 4) is 0 Å². The monoisotopic (exact) mass is 274 g/mol. The van der Waals surface area contributed by atoms with Gasteiger partial charge in [-0.1, -0.05) is 48.5 Å². The van der Waals surface area contributed by atoms with Gasteiger partial charge in [-0.2, -0.15) is 0 Å². The number of carbonyl (C=O) groups excluding carboxylic acids is 1. The largest absolute Gasteiger partial charge is 0.289 e. The Kier molecular flexibility index (Phi) is 2.92. The van der Waals surface area contributed by atoms with Gasteiger partial charge in [0.2, 0.25) is 0 Å². The smallest absolute Gasteiger partial charge is 0.193 e. The van der Waals surface area contributed by atoms with E-state index in [4.69, 9.17) is 0 Å². The molecular weight excluding hydrogens is 264 g/mol. The molecule has 0 amide bonds. The van der Waals surface area contributed by atoms with Crippen molar-refractivity contribution < 1.29 is 4.79 Å². The minimum atomic E-state index is 0. The van der Waals surface area contributed by atoms with Gasteiger partial charge < -0.3 is 0 Å². The first kappa shape index (κ1) is 11.1. The van der Waals surface area contributed by atoms with Gasteiger partial charge in [0.05, 0.1) is 0 Å². The molecule has 0 aromatic heterocycles.